The average Bonchev–Trinajstić information content (AvgIpc) is 3.07. The number of aliphatic imine (C=N–C) groups is 1. The van der Waals surface area contributed by atoms with Crippen molar-refractivity contribution in [1.82, 2.24) is 20.4 Å². The Morgan fingerprint density at radius 2 is 2.03 bits per heavy atom. The maximum absolute atomic E-state index is 13.2. The van der Waals surface area contributed by atoms with Gasteiger partial charge in [0, 0.05) is 25.3 Å². The van der Waals surface area contributed by atoms with Gasteiger partial charge in [-0.15, -0.1) is 0 Å². The average molecular weight is 405 g/mol. The second-order valence-corrected chi connectivity index (χ2v) is 7.56. The fraction of sp³-hybridized carbons (Fsp3) is 0.524. The highest BCUT2D eigenvalue weighted by Gasteiger charge is 2.26. The van der Waals surface area contributed by atoms with Crippen LogP contribution in [0, 0.1) is 11.2 Å². The van der Waals surface area contributed by atoms with Gasteiger partial charge in [0.2, 0.25) is 5.96 Å². The van der Waals surface area contributed by atoms with E-state index < -0.39 is 0 Å². The molecule has 0 radical (unpaired) electrons. The van der Waals surface area contributed by atoms with Crippen LogP contribution in [0.1, 0.15) is 39.7 Å². The topological polar surface area (TPSA) is 87.0 Å². The smallest absolute Gasteiger partial charge is 0.217 e. The number of benzene rings is 1. The number of allylic oxidation sites excluding steroid dienone is 1. The van der Waals surface area contributed by atoms with E-state index >= 15 is 0 Å². The number of aliphatic hydroxyl groups is 1. The van der Waals surface area contributed by atoms with E-state index in [-0.39, 0.29) is 24.4 Å². The molecule has 1 aliphatic heterocycles. The summed E-state index contributed by atoms with van der Waals surface area (Å²) in [6, 6.07) is 6.49. The van der Waals surface area contributed by atoms with Crippen molar-refractivity contribution in [1.29, 1.82) is 5.41 Å². The standard InChI is InChI=1S/C21H33FN6O/c1-6-18(12-29)25-21(23)26-20(19-15(4)28(13-24-19)14(2)3)27(5)11-16-7-9-17(22)10-8-16/h7-10,14,18,24,29H,6,11-13H2,1-5H3,(H2,23,25)/b26-20+/t18-/m1/s1. The third kappa shape index (κ3) is 5.93. The molecule has 0 spiro atoms. The Balaban J connectivity index is 2.33. The first-order valence-electron chi connectivity index (χ1n) is 9.98. The first-order chi connectivity index (χ1) is 13.8. The van der Waals surface area contributed by atoms with E-state index in [1.807, 2.05) is 25.8 Å². The lowest BCUT2D eigenvalue weighted by atomic mass is 10.2. The van der Waals surface area contributed by atoms with Crippen molar-refractivity contribution < 1.29 is 9.50 Å². The number of aliphatic hydroxyl groups excluding tert-OH is 1. The van der Waals surface area contributed by atoms with E-state index in [9.17, 15) is 9.50 Å². The molecule has 0 unspecified atom stereocenters. The molecule has 0 saturated heterocycles. The van der Waals surface area contributed by atoms with Gasteiger partial charge in [0.25, 0.3) is 0 Å². The maximum atomic E-state index is 13.2. The molecular weight excluding hydrogens is 371 g/mol. The summed E-state index contributed by atoms with van der Waals surface area (Å²) in [6.07, 6.45) is 0.691. The number of likely N-dealkylation sites (N-methyl/N-ethyl adjacent to an activating group) is 1. The molecule has 8 heteroatoms. The molecule has 0 aromatic heterocycles. The molecular formula is C21H33FN6O. The van der Waals surface area contributed by atoms with E-state index in [1.165, 1.54) is 12.1 Å². The molecule has 0 amide bonds. The zero-order valence-electron chi connectivity index (χ0n) is 18.0. The van der Waals surface area contributed by atoms with Crippen LogP contribution < -0.4 is 10.6 Å². The maximum Gasteiger partial charge on any atom is 0.217 e. The molecule has 0 aliphatic carbocycles. The predicted molar refractivity (Wildman–Crippen MR) is 115 cm³/mol. The van der Waals surface area contributed by atoms with E-state index in [1.54, 1.807) is 12.1 Å². The van der Waals surface area contributed by atoms with Crippen LogP contribution in [0.3, 0.4) is 0 Å². The van der Waals surface area contributed by atoms with Gasteiger partial charge in [0.15, 0.2) is 5.84 Å². The van der Waals surface area contributed by atoms with Gasteiger partial charge in [-0.2, -0.15) is 4.99 Å². The Hall–Kier alpha value is -2.61. The number of hydrogen-bond acceptors (Lipinski definition) is 4. The normalized spacial score (nSPS) is 15.6. The fourth-order valence-corrected chi connectivity index (χ4v) is 3.24. The minimum atomic E-state index is -0.269. The quantitative estimate of drug-likeness (QED) is 0.414. The molecule has 4 N–H and O–H groups in total. The monoisotopic (exact) mass is 404 g/mol. The minimum Gasteiger partial charge on any atom is -0.394 e. The second kappa shape index (κ2) is 10.2. The van der Waals surface area contributed by atoms with Gasteiger partial charge in [-0.3, -0.25) is 5.41 Å². The fourth-order valence-electron chi connectivity index (χ4n) is 3.24. The number of hydrogen-bond donors (Lipinski definition) is 4. The summed E-state index contributed by atoms with van der Waals surface area (Å²) >= 11 is 0. The number of rotatable bonds is 7. The van der Waals surface area contributed by atoms with Crippen LogP contribution in [0.25, 0.3) is 0 Å². The van der Waals surface area contributed by atoms with Crippen molar-refractivity contribution in [2.45, 2.75) is 52.7 Å². The second-order valence-electron chi connectivity index (χ2n) is 7.56. The zero-order chi connectivity index (χ0) is 21.6. The number of nitrogens with one attached hydrogen (secondary N) is 3. The Morgan fingerprint density at radius 3 is 2.55 bits per heavy atom. The van der Waals surface area contributed by atoms with Crippen molar-refractivity contribution in [3.63, 3.8) is 0 Å². The SMILES string of the molecule is CC[C@H](CO)NC(=N)/N=C(\C1=C(C)N(C(C)C)CN1)N(C)Cc1ccc(F)cc1. The lowest BCUT2D eigenvalue weighted by Gasteiger charge is -2.25. The predicted octanol–water partition coefficient (Wildman–Crippen LogP) is 2.45. The largest absolute Gasteiger partial charge is 0.394 e. The van der Waals surface area contributed by atoms with E-state index in [0.717, 1.165) is 17.0 Å². The molecule has 160 valence electrons. The van der Waals surface area contributed by atoms with Gasteiger partial charge in [0.1, 0.15) is 5.82 Å². The number of guanidine groups is 1. The molecule has 1 heterocycles. The highest BCUT2D eigenvalue weighted by molar-refractivity contribution is 6.05. The molecule has 7 nitrogen and oxygen atoms in total. The summed E-state index contributed by atoms with van der Waals surface area (Å²) in [5.41, 5.74) is 2.87. The van der Waals surface area contributed by atoms with Crippen LogP contribution in [0.2, 0.25) is 0 Å². The highest BCUT2D eigenvalue weighted by atomic mass is 19.1. The van der Waals surface area contributed by atoms with Gasteiger partial charge in [-0.1, -0.05) is 19.1 Å². The summed E-state index contributed by atoms with van der Waals surface area (Å²) < 4.78 is 13.2. The van der Waals surface area contributed by atoms with Crippen molar-refractivity contribution in [3.8, 4) is 0 Å². The van der Waals surface area contributed by atoms with Crippen molar-refractivity contribution in [3.05, 3.63) is 47.0 Å². The van der Waals surface area contributed by atoms with E-state index in [4.69, 9.17) is 5.41 Å². The Morgan fingerprint density at radius 1 is 1.38 bits per heavy atom. The molecule has 0 saturated carbocycles. The van der Waals surface area contributed by atoms with Gasteiger partial charge in [-0.25, -0.2) is 4.39 Å². The molecule has 0 bridgehead atoms. The zero-order valence-corrected chi connectivity index (χ0v) is 18.0. The third-order valence-corrected chi connectivity index (χ3v) is 5.03. The van der Waals surface area contributed by atoms with E-state index in [2.05, 4.69) is 34.4 Å². The first kappa shape index (κ1) is 22.7. The van der Waals surface area contributed by atoms with Crippen LogP contribution in [-0.2, 0) is 6.54 Å². The molecule has 1 atom stereocenters. The Bertz CT molecular complexity index is 755. The minimum absolute atomic E-state index is 0.00282. The molecule has 1 aliphatic rings. The van der Waals surface area contributed by atoms with Crippen LogP contribution in [-0.4, -0.2) is 59.1 Å². The van der Waals surface area contributed by atoms with Crippen molar-refractivity contribution in [2.75, 3.05) is 20.3 Å². The molecule has 2 rings (SSSR count). The van der Waals surface area contributed by atoms with Crippen molar-refractivity contribution in [2.24, 2.45) is 4.99 Å². The summed E-state index contributed by atoms with van der Waals surface area (Å²) in [5, 5.41) is 24.0. The number of nitrogens with zero attached hydrogens (tertiary/aromatic N) is 3. The van der Waals surface area contributed by atoms with Gasteiger partial charge in [0.05, 0.1) is 25.0 Å². The highest BCUT2D eigenvalue weighted by Crippen LogP contribution is 2.20. The lowest BCUT2D eigenvalue weighted by molar-refractivity contribution is 0.252. The van der Waals surface area contributed by atoms with Gasteiger partial charge >= 0.3 is 0 Å². The van der Waals surface area contributed by atoms with Gasteiger partial charge < -0.3 is 25.5 Å². The van der Waals surface area contributed by atoms with Gasteiger partial charge in [-0.05, 0) is 44.9 Å². The molecule has 1 aromatic rings. The van der Waals surface area contributed by atoms with Crippen LogP contribution in [0.4, 0.5) is 4.39 Å². The molecule has 0 fully saturated rings. The van der Waals surface area contributed by atoms with Crippen LogP contribution in [0.5, 0.6) is 0 Å². The Labute approximate surface area is 172 Å². The van der Waals surface area contributed by atoms with E-state index in [0.29, 0.717) is 31.5 Å². The summed E-state index contributed by atoms with van der Waals surface area (Å²) in [4.78, 5) is 8.71. The lowest BCUT2D eigenvalue weighted by Crippen LogP contribution is -2.39. The number of amidine groups is 1. The van der Waals surface area contributed by atoms with Crippen molar-refractivity contribution >= 4 is 11.8 Å². The molecule has 1 aromatic carbocycles. The third-order valence-electron chi connectivity index (χ3n) is 5.03. The summed E-state index contributed by atoms with van der Waals surface area (Å²) in [6.45, 7) is 9.37. The van der Waals surface area contributed by atoms with Crippen LogP contribution in [0.15, 0.2) is 40.7 Å². The Kier molecular flexibility index (Phi) is 8.01. The van der Waals surface area contributed by atoms with Crippen LogP contribution >= 0.6 is 0 Å². The summed E-state index contributed by atoms with van der Waals surface area (Å²) in [7, 11) is 1.90. The number of halogens is 1. The molecule has 29 heavy (non-hydrogen) atoms. The first-order valence-corrected chi connectivity index (χ1v) is 9.98. The summed E-state index contributed by atoms with van der Waals surface area (Å²) in [5.74, 6) is 0.353.